The SMILES string of the molecule is [C-]#[N+]c1cc(C#N)cc(-c2c(-n3c4ccc(-c5ccccc5)cc4c4cc(-c5ccccc5)ccc43)c(-n3c4ccccc4c4ccccc43)c(-n3c4ccc(-c5ccccc5)cc4c4cc(-c5ccccc5)ccc43)c(-n3c4ccccc4c4ccccc43)c2-n2c3ccc(-c4ccccc4)cc3c3cc(-c4ccccc4)ccc32)c1. The van der Waals surface area contributed by atoms with Crippen molar-refractivity contribution in [1.82, 2.24) is 22.8 Å². The molecule has 7 nitrogen and oxygen atoms in total. The van der Waals surface area contributed by atoms with Crippen molar-refractivity contribution in [3.8, 4) is 112 Å². The molecule has 0 aliphatic carbocycles. The molecule has 0 fully saturated rings. The van der Waals surface area contributed by atoms with Gasteiger partial charge in [0.05, 0.1) is 96.2 Å². The molecule has 0 unspecified atom stereocenters. The Balaban J connectivity index is 1.05. The molecular formula is C110H67N7. The first-order valence-electron chi connectivity index (χ1n) is 39.7. The lowest BCUT2D eigenvalue weighted by Gasteiger charge is -2.32. The summed E-state index contributed by atoms with van der Waals surface area (Å²) in [5, 5.41) is 22.5. The fraction of sp³-hybridized carbons (Fsp3) is 0. The van der Waals surface area contributed by atoms with Gasteiger partial charge in [0.15, 0.2) is 5.69 Å². The van der Waals surface area contributed by atoms with E-state index in [1.807, 2.05) is 12.1 Å². The zero-order chi connectivity index (χ0) is 77.3. The number of fused-ring (bicyclic) bond motifs is 15. The van der Waals surface area contributed by atoms with Crippen LogP contribution < -0.4 is 0 Å². The second kappa shape index (κ2) is 26.8. The molecule has 5 aromatic heterocycles. The van der Waals surface area contributed by atoms with E-state index in [-0.39, 0.29) is 0 Å². The summed E-state index contributed by atoms with van der Waals surface area (Å²) in [7, 11) is 0. The van der Waals surface area contributed by atoms with Gasteiger partial charge in [0.2, 0.25) is 0 Å². The number of hydrogen-bond acceptors (Lipinski definition) is 1. The molecular weight excluding hydrogens is 1420 g/mol. The molecule has 7 heteroatoms. The predicted octanol–water partition coefficient (Wildman–Crippen LogP) is 29.3. The van der Waals surface area contributed by atoms with Gasteiger partial charge in [-0.2, -0.15) is 5.26 Å². The standard InChI is InChI=1S/C110H67N7/c1-112-84-61-70(69-111)60-83(62-84)105-106(113-99-54-48-77(71-28-8-2-9-29-71)63-89(99)90-64-78(49-55-100(90)113)72-30-10-3-11-31-72)108(115-95-44-24-20-40-85(95)86-41-21-25-45-96(86)115)110(117-103-58-52-81(75-36-16-6-17-37-75)67-93(103)94-68-82(53-59-104(94)117)76-38-18-7-19-39-76)109(116-97-46-26-22-42-87(97)88-43-23-27-47-98(88)116)107(105)114-101-56-50-79(73-32-12-4-13-33-73)65-91(101)92-66-80(51-57-102(92)114)74-34-14-5-15-35-74/h2-68H. The van der Waals surface area contributed by atoms with E-state index in [0.717, 1.165) is 210 Å². The summed E-state index contributed by atoms with van der Waals surface area (Å²) in [6.07, 6.45) is 0. The third kappa shape index (κ3) is 10.5. The Bertz CT molecular complexity index is 7340. The Hall–Kier alpha value is -16.1. The van der Waals surface area contributed by atoms with Crippen LogP contribution in [0, 0.1) is 17.9 Å². The molecule has 0 amide bonds. The number of para-hydroxylation sites is 4. The molecule has 117 heavy (non-hydrogen) atoms. The van der Waals surface area contributed by atoms with Crippen LogP contribution in [0.2, 0.25) is 0 Å². The highest BCUT2D eigenvalue weighted by Crippen LogP contribution is 2.56. The molecule has 0 atom stereocenters. The Morgan fingerprint density at radius 3 is 0.641 bits per heavy atom. The maximum Gasteiger partial charge on any atom is 0.189 e. The van der Waals surface area contributed by atoms with Crippen LogP contribution in [0.3, 0.4) is 0 Å². The largest absolute Gasteiger partial charge is 0.306 e. The third-order valence-electron chi connectivity index (χ3n) is 24.1. The van der Waals surface area contributed by atoms with E-state index in [1.165, 1.54) is 0 Å². The van der Waals surface area contributed by atoms with Gasteiger partial charge < -0.3 is 22.8 Å². The summed E-state index contributed by atoms with van der Waals surface area (Å²) < 4.78 is 12.9. The van der Waals surface area contributed by atoms with Crippen LogP contribution in [0.15, 0.2) is 406 Å². The molecule has 23 aromatic rings. The second-order valence-electron chi connectivity index (χ2n) is 30.4. The zero-order valence-corrected chi connectivity index (χ0v) is 63.3. The monoisotopic (exact) mass is 1490 g/mol. The van der Waals surface area contributed by atoms with Crippen LogP contribution in [0.25, 0.3) is 220 Å². The number of rotatable bonds is 12. The van der Waals surface area contributed by atoms with Crippen molar-refractivity contribution in [2.45, 2.75) is 0 Å². The maximum absolute atomic E-state index is 11.8. The van der Waals surface area contributed by atoms with Gasteiger partial charge >= 0.3 is 0 Å². The maximum atomic E-state index is 11.8. The van der Waals surface area contributed by atoms with Gasteiger partial charge in [0.1, 0.15) is 0 Å². The topological polar surface area (TPSA) is 52.8 Å². The summed E-state index contributed by atoms with van der Waals surface area (Å²) >= 11 is 0. The van der Waals surface area contributed by atoms with Crippen LogP contribution in [-0.4, -0.2) is 22.8 Å². The minimum Gasteiger partial charge on any atom is -0.306 e. The van der Waals surface area contributed by atoms with Crippen molar-refractivity contribution in [3.05, 3.63) is 423 Å². The Morgan fingerprint density at radius 1 is 0.188 bits per heavy atom. The Labute approximate surface area is 674 Å². The number of nitrogens with zero attached hydrogens (tertiary/aromatic N) is 7. The van der Waals surface area contributed by atoms with Gasteiger partial charge in [-0.1, -0.05) is 291 Å². The summed E-state index contributed by atoms with van der Waals surface area (Å²) in [6, 6.07) is 151. The summed E-state index contributed by atoms with van der Waals surface area (Å²) in [5.41, 5.74) is 29.1. The predicted molar refractivity (Wildman–Crippen MR) is 487 cm³/mol. The van der Waals surface area contributed by atoms with Gasteiger partial charge in [-0.15, -0.1) is 0 Å². The highest BCUT2D eigenvalue weighted by Gasteiger charge is 2.38. The van der Waals surface area contributed by atoms with Crippen molar-refractivity contribution < 1.29 is 0 Å². The lowest BCUT2D eigenvalue weighted by molar-refractivity contribution is 1.00. The van der Waals surface area contributed by atoms with Crippen LogP contribution >= 0.6 is 0 Å². The van der Waals surface area contributed by atoms with E-state index >= 15 is 0 Å². The van der Waals surface area contributed by atoms with Crippen LogP contribution in [-0.2, 0) is 0 Å². The number of nitriles is 1. The second-order valence-corrected chi connectivity index (χ2v) is 30.4. The average Bonchev–Trinajstić information content (AvgIpc) is 1.57. The van der Waals surface area contributed by atoms with Crippen molar-refractivity contribution in [1.29, 1.82) is 5.26 Å². The van der Waals surface area contributed by atoms with Crippen molar-refractivity contribution >= 4 is 115 Å². The minimum absolute atomic E-state index is 0.331. The molecule has 542 valence electrons. The first kappa shape index (κ1) is 66.7. The quantitative estimate of drug-likeness (QED) is 0.112. The van der Waals surface area contributed by atoms with E-state index in [4.69, 9.17) is 0 Å². The average molecular weight is 1490 g/mol. The van der Waals surface area contributed by atoms with Gasteiger partial charge in [0, 0.05) is 65.0 Å². The molecule has 0 bridgehead atoms. The van der Waals surface area contributed by atoms with Crippen molar-refractivity contribution in [2.75, 3.05) is 0 Å². The molecule has 5 heterocycles. The first-order valence-corrected chi connectivity index (χ1v) is 39.7. The van der Waals surface area contributed by atoms with Crippen LogP contribution in [0.1, 0.15) is 5.56 Å². The minimum atomic E-state index is 0.331. The normalized spacial score (nSPS) is 11.7. The number of benzene rings is 18. The molecule has 0 saturated carbocycles. The summed E-state index contributed by atoms with van der Waals surface area (Å²) in [5.74, 6) is 0. The van der Waals surface area contributed by atoms with Gasteiger partial charge in [0.25, 0.3) is 0 Å². The van der Waals surface area contributed by atoms with Gasteiger partial charge in [-0.3, -0.25) is 0 Å². The third-order valence-corrected chi connectivity index (χ3v) is 24.1. The number of aromatic nitrogens is 5. The molecule has 0 spiro atoms. The van der Waals surface area contributed by atoms with E-state index < -0.39 is 0 Å². The van der Waals surface area contributed by atoms with Crippen LogP contribution in [0.4, 0.5) is 5.69 Å². The molecule has 0 aliphatic heterocycles. The Morgan fingerprint density at radius 2 is 0.402 bits per heavy atom. The zero-order valence-electron chi connectivity index (χ0n) is 63.3. The molecule has 0 radical (unpaired) electrons. The lowest BCUT2D eigenvalue weighted by atomic mass is 9.93. The van der Waals surface area contributed by atoms with Crippen molar-refractivity contribution in [3.63, 3.8) is 0 Å². The van der Waals surface area contributed by atoms with Crippen molar-refractivity contribution in [2.24, 2.45) is 0 Å². The first-order chi connectivity index (χ1) is 58.0. The smallest absolute Gasteiger partial charge is 0.189 e. The van der Waals surface area contributed by atoms with E-state index in [1.54, 1.807) is 6.07 Å². The molecule has 18 aromatic carbocycles. The fourth-order valence-corrected chi connectivity index (χ4v) is 18.9. The highest BCUT2D eigenvalue weighted by molar-refractivity contribution is 6.21. The number of hydrogen-bond donors (Lipinski definition) is 0. The summed E-state index contributed by atoms with van der Waals surface area (Å²) in [4.78, 5) is 4.37. The van der Waals surface area contributed by atoms with Gasteiger partial charge in [-0.05, 0) is 188 Å². The summed E-state index contributed by atoms with van der Waals surface area (Å²) in [6.45, 7) is 9.24. The molecule has 0 aliphatic rings. The van der Waals surface area contributed by atoms with E-state index in [2.05, 4.69) is 422 Å². The molecule has 0 saturated heterocycles. The molecule has 0 N–H and O–H groups in total. The fourth-order valence-electron chi connectivity index (χ4n) is 18.9. The lowest BCUT2D eigenvalue weighted by Crippen LogP contribution is -2.18. The van der Waals surface area contributed by atoms with E-state index in [0.29, 0.717) is 16.8 Å². The van der Waals surface area contributed by atoms with Crippen LogP contribution in [0.5, 0.6) is 0 Å². The highest BCUT2D eigenvalue weighted by atomic mass is 15.2. The van der Waals surface area contributed by atoms with Gasteiger partial charge in [-0.25, -0.2) is 4.85 Å². The molecule has 23 rings (SSSR count). The van der Waals surface area contributed by atoms with E-state index in [9.17, 15) is 11.8 Å². The Kier molecular flexibility index (Phi) is 15.3.